The second kappa shape index (κ2) is 6.18. The molecule has 0 heterocycles. The third-order valence-electron chi connectivity index (χ3n) is 3.40. The summed E-state index contributed by atoms with van der Waals surface area (Å²) >= 11 is 0. The van der Waals surface area contributed by atoms with Gasteiger partial charge in [0.2, 0.25) is 0 Å². The highest BCUT2D eigenvalue weighted by Gasteiger charge is 2.64. The van der Waals surface area contributed by atoms with Gasteiger partial charge in [-0.15, -0.1) is 0 Å². The Hall–Kier alpha value is -2.51. The monoisotopic (exact) mass is 348 g/mol. The lowest BCUT2D eigenvalue weighted by Gasteiger charge is -2.27. The van der Waals surface area contributed by atoms with Crippen molar-refractivity contribution in [2.45, 2.75) is 18.3 Å². The molecule has 0 aromatic heterocycles. The van der Waals surface area contributed by atoms with Crippen molar-refractivity contribution in [1.29, 1.82) is 0 Å². The zero-order valence-electron chi connectivity index (χ0n) is 11.8. The Kier molecular flexibility index (Phi) is 4.59. The van der Waals surface area contributed by atoms with Crippen LogP contribution in [0.1, 0.15) is 15.9 Å². The lowest BCUT2D eigenvalue weighted by Crippen LogP contribution is -2.44. The van der Waals surface area contributed by atoms with Gasteiger partial charge < -0.3 is 5.11 Å². The van der Waals surface area contributed by atoms with Gasteiger partial charge in [0.25, 0.3) is 0 Å². The molecule has 1 N–H and O–H groups in total. The first-order chi connectivity index (χ1) is 11.1. The topological polar surface area (TPSA) is 37.3 Å². The van der Waals surface area contributed by atoms with Crippen molar-refractivity contribution in [3.8, 4) is 11.1 Å². The quantitative estimate of drug-likeness (QED) is 0.769. The van der Waals surface area contributed by atoms with Gasteiger partial charge in [-0.05, 0) is 23.3 Å². The molecule has 2 aromatic rings. The Morgan fingerprint density at radius 2 is 1.46 bits per heavy atom. The van der Waals surface area contributed by atoms with Crippen LogP contribution in [0.15, 0.2) is 48.5 Å². The van der Waals surface area contributed by atoms with Gasteiger partial charge in [-0.3, -0.25) is 0 Å². The van der Waals surface area contributed by atoms with E-state index in [4.69, 9.17) is 5.11 Å². The van der Waals surface area contributed by atoms with Crippen molar-refractivity contribution in [2.24, 2.45) is 0 Å². The Morgan fingerprint density at radius 1 is 0.917 bits per heavy atom. The standard InChI is InChI=1S/C16H10F6O2/c17-14(18)16(21,22)15(19,20)12-4-2-1-3-11(12)9-5-7-10(8-6-9)13(23)24/h1-8,14H,(H,23,24). The largest absolute Gasteiger partial charge is 0.478 e. The van der Waals surface area contributed by atoms with E-state index >= 15 is 0 Å². The highest BCUT2D eigenvalue weighted by atomic mass is 19.3. The summed E-state index contributed by atoms with van der Waals surface area (Å²) in [6.07, 6.45) is -4.55. The number of carbonyl (C=O) groups is 1. The average molecular weight is 348 g/mol. The zero-order chi connectivity index (χ0) is 18.1. The minimum Gasteiger partial charge on any atom is -0.478 e. The van der Waals surface area contributed by atoms with Crippen LogP contribution >= 0.6 is 0 Å². The van der Waals surface area contributed by atoms with Crippen LogP contribution in [-0.2, 0) is 5.92 Å². The first kappa shape index (κ1) is 17.8. The molecule has 0 saturated carbocycles. The van der Waals surface area contributed by atoms with Crippen molar-refractivity contribution in [1.82, 2.24) is 0 Å². The summed E-state index contributed by atoms with van der Waals surface area (Å²) in [6, 6.07) is 8.48. The van der Waals surface area contributed by atoms with E-state index in [9.17, 15) is 31.1 Å². The fraction of sp³-hybridized carbons (Fsp3) is 0.188. The number of rotatable bonds is 5. The minimum atomic E-state index is -5.55. The van der Waals surface area contributed by atoms with Gasteiger partial charge in [-0.2, -0.15) is 17.6 Å². The molecule has 0 amide bonds. The summed E-state index contributed by atoms with van der Waals surface area (Å²) in [5, 5.41) is 8.80. The maximum atomic E-state index is 14.0. The van der Waals surface area contributed by atoms with Crippen LogP contribution in [0, 0.1) is 0 Å². The minimum absolute atomic E-state index is 0.000316. The predicted octanol–water partition coefficient (Wildman–Crippen LogP) is 5.04. The summed E-state index contributed by atoms with van der Waals surface area (Å²) in [6.45, 7) is 0. The molecular weight excluding hydrogens is 338 g/mol. The molecule has 24 heavy (non-hydrogen) atoms. The summed E-state index contributed by atoms with van der Waals surface area (Å²) < 4.78 is 79.4. The van der Waals surface area contributed by atoms with Gasteiger partial charge in [0.1, 0.15) is 0 Å². The number of hydrogen-bond acceptors (Lipinski definition) is 1. The van der Waals surface area contributed by atoms with E-state index in [-0.39, 0.29) is 16.7 Å². The Balaban J connectivity index is 2.57. The molecule has 0 atom stereocenters. The third kappa shape index (κ3) is 2.95. The highest BCUT2D eigenvalue weighted by molar-refractivity contribution is 5.88. The molecule has 128 valence electrons. The maximum Gasteiger partial charge on any atom is 0.373 e. The number of halogens is 6. The number of hydrogen-bond donors (Lipinski definition) is 1. The summed E-state index contributed by atoms with van der Waals surface area (Å²) in [5.74, 6) is -11.9. The van der Waals surface area contributed by atoms with Crippen LogP contribution < -0.4 is 0 Å². The van der Waals surface area contributed by atoms with Crippen molar-refractivity contribution < 1.29 is 36.2 Å². The molecule has 0 radical (unpaired) electrons. The van der Waals surface area contributed by atoms with Crippen molar-refractivity contribution in [3.05, 3.63) is 59.7 Å². The van der Waals surface area contributed by atoms with Crippen LogP contribution in [0.25, 0.3) is 11.1 Å². The van der Waals surface area contributed by atoms with Crippen LogP contribution in [-0.4, -0.2) is 23.4 Å². The first-order valence-corrected chi connectivity index (χ1v) is 6.56. The van der Waals surface area contributed by atoms with E-state index in [1.165, 1.54) is 6.07 Å². The Morgan fingerprint density at radius 3 is 1.96 bits per heavy atom. The molecule has 8 heteroatoms. The molecule has 2 rings (SSSR count). The number of benzene rings is 2. The molecule has 2 nitrogen and oxygen atoms in total. The summed E-state index contributed by atoms with van der Waals surface area (Å²) in [4.78, 5) is 10.8. The van der Waals surface area contributed by atoms with Crippen LogP contribution in [0.5, 0.6) is 0 Å². The van der Waals surface area contributed by atoms with Gasteiger partial charge in [0.05, 0.1) is 5.56 Å². The van der Waals surface area contributed by atoms with E-state index in [1.807, 2.05) is 0 Å². The van der Waals surface area contributed by atoms with E-state index in [2.05, 4.69) is 0 Å². The molecule has 0 aliphatic heterocycles. The van der Waals surface area contributed by atoms with Gasteiger partial charge in [0.15, 0.2) is 0 Å². The normalized spacial score (nSPS) is 12.5. The average Bonchev–Trinajstić information content (AvgIpc) is 2.54. The lowest BCUT2D eigenvalue weighted by molar-refractivity contribution is -0.270. The highest BCUT2D eigenvalue weighted by Crippen LogP contribution is 2.49. The van der Waals surface area contributed by atoms with Crippen molar-refractivity contribution >= 4 is 5.97 Å². The van der Waals surface area contributed by atoms with Gasteiger partial charge in [-0.25, -0.2) is 13.6 Å². The molecule has 0 aliphatic rings. The molecule has 0 fully saturated rings. The van der Waals surface area contributed by atoms with Crippen molar-refractivity contribution in [2.75, 3.05) is 0 Å². The van der Waals surface area contributed by atoms with Crippen molar-refractivity contribution in [3.63, 3.8) is 0 Å². The Labute approximate surface area is 132 Å². The predicted molar refractivity (Wildman–Crippen MR) is 73.7 cm³/mol. The second-order valence-corrected chi connectivity index (χ2v) is 4.93. The lowest BCUT2D eigenvalue weighted by atomic mass is 9.92. The molecule has 0 spiro atoms. The van der Waals surface area contributed by atoms with Gasteiger partial charge in [0, 0.05) is 5.56 Å². The van der Waals surface area contributed by atoms with E-state index < -0.39 is 29.8 Å². The molecule has 0 unspecified atom stereocenters. The van der Waals surface area contributed by atoms with E-state index in [0.29, 0.717) is 6.07 Å². The molecule has 0 saturated heterocycles. The molecule has 0 aliphatic carbocycles. The number of carboxylic acid groups (broad SMARTS) is 1. The number of aromatic carboxylic acids is 1. The van der Waals surface area contributed by atoms with E-state index in [1.54, 1.807) is 0 Å². The van der Waals surface area contributed by atoms with Gasteiger partial charge >= 0.3 is 24.2 Å². The van der Waals surface area contributed by atoms with Crippen LogP contribution in [0.3, 0.4) is 0 Å². The maximum absolute atomic E-state index is 14.0. The number of alkyl halides is 6. The van der Waals surface area contributed by atoms with Gasteiger partial charge in [-0.1, -0.05) is 36.4 Å². The Bertz CT molecular complexity index is 740. The van der Waals surface area contributed by atoms with E-state index in [0.717, 1.165) is 36.4 Å². The SMILES string of the molecule is O=C(O)c1ccc(-c2ccccc2C(F)(F)C(F)(F)C(F)F)cc1. The second-order valence-electron chi connectivity index (χ2n) is 4.93. The smallest absolute Gasteiger partial charge is 0.373 e. The summed E-state index contributed by atoms with van der Waals surface area (Å²) in [7, 11) is 0. The molecule has 0 bridgehead atoms. The fourth-order valence-corrected chi connectivity index (χ4v) is 2.12. The van der Waals surface area contributed by atoms with Crippen LogP contribution in [0.4, 0.5) is 26.3 Å². The summed E-state index contributed by atoms with van der Waals surface area (Å²) in [5.41, 5.74) is -1.79. The first-order valence-electron chi connectivity index (χ1n) is 6.56. The van der Waals surface area contributed by atoms with Crippen LogP contribution in [0.2, 0.25) is 0 Å². The third-order valence-corrected chi connectivity index (χ3v) is 3.40. The zero-order valence-corrected chi connectivity index (χ0v) is 11.8. The molecular formula is C16H10F6O2. The number of carboxylic acids is 1. The fourth-order valence-electron chi connectivity index (χ4n) is 2.12. The molecule has 2 aromatic carbocycles.